The minimum absolute atomic E-state index is 0.619. The van der Waals surface area contributed by atoms with Gasteiger partial charge in [0.05, 0.1) is 5.69 Å². The third-order valence-corrected chi connectivity index (χ3v) is 4.30. The van der Waals surface area contributed by atoms with Gasteiger partial charge in [-0.2, -0.15) is 0 Å². The molecule has 18 heavy (non-hydrogen) atoms. The lowest BCUT2D eigenvalue weighted by atomic mass is 9.92. The van der Waals surface area contributed by atoms with Crippen LogP contribution in [-0.4, -0.2) is 9.88 Å². The highest BCUT2D eigenvalue weighted by Crippen LogP contribution is 2.53. The van der Waals surface area contributed by atoms with Gasteiger partial charge in [-0.05, 0) is 36.1 Å². The van der Waals surface area contributed by atoms with Gasteiger partial charge in [0.2, 0.25) is 0 Å². The zero-order valence-electron chi connectivity index (χ0n) is 10.3. The van der Waals surface area contributed by atoms with E-state index >= 15 is 0 Å². The van der Waals surface area contributed by atoms with Crippen molar-refractivity contribution in [2.24, 2.45) is 0 Å². The molecule has 2 atom stereocenters. The van der Waals surface area contributed by atoms with Crippen LogP contribution in [0.3, 0.4) is 0 Å². The Morgan fingerprint density at radius 2 is 1.61 bits per heavy atom. The van der Waals surface area contributed by atoms with Crippen LogP contribution in [0, 0.1) is 0 Å². The second-order valence-corrected chi connectivity index (χ2v) is 5.23. The van der Waals surface area contributed by atoms with Gasteiger partial charge in [0.25, 0.3) is 0 Å². The van der Waals surface area contributed by atoms with Gasteiger partial charge >= 0.3 is 0 Å². The van der Waals surface area contributed by atoms with Gasteiger partial charge in [-0.1, -0.05) is 30.3 Å². The van der Waals surface area contributed by atoms with Crippen molar-refractivity contribution in [1.29, 1.82) is 0 Å². The molecule has 0 N–H and O–H groups in total. The van der Waals surface area contributed by atoms with Crippen molar-refractivity contribution >= 4 is 0 Å². The molecule has 0 amide bonds. The maximum atomic E-state index is 4.46. The molecule has 2 aromatic rings. The van der Waals surface area contributed by atoms with Gasteiger partial charge in [-0.25, -0.2) is 0 Å². The number of hydrogen-bond donors (Lipinski definition) is 0. The molecular weight excluding hydrogens is 220 g/mol. The lowest BCUT2D eigenvalue weighted by molar-refractivity contribution is 0.211. The van der Waals surface area contributed by atoms with E-state index in [1.54, 1.807) is 11.1 Å². The molecule has 2 bridgehead atoms. The molecule has 2 nitrogen and oxygen atoms in total. The molecule has 1 fully saturated rings. The SMILES string of the molecule is c1ccc(CN2[C@H]3CC[C@H]2c2ccccc23)nc1. The third kappa shape index (κ3) is 1.42. The van der Waals surface area contributed by atoms with Gasteiger partial charge in [0, 0.05) is 24.8 Å². The third-order valence-electron chi connectivity index (χ3n) is 4.30. The van der Waals surface area contributed by atoms with Gasteiger partial charge in [-0.15, -0.1) is 0 Å². The summed E-state index contributed by atoms with van der Waals surface area (Å²) in [5, 5.41) is 0. The molecule has 90 valence electrons. The predicted octanol–water partition coefficient (Wildman–Crippen LogP) is 3.47. The van der Waals surface area contributed by atoms with Crippen LogP contribution in [0.2, 0.25) is 0 Å². The van der Waals surface area contributed by atoms with Crippen LogP contribution < -0.4 is 0 Å². The quantitative estimate of drug-likeness (QED) is 0.793. The standard InChI is InChI=1S/C16H16N2/c1-2-7-14-13(6-1)15-8-9-16(14)18(15)11-12-5-3-4-10-17-12/h1-7,10,15-16H,8-9,11H2/t15-,16-/m0/s1. The number of aromatic nitrogens is 1. The molecule has 2 aliphatic heterocycles. The van der Waals surface area contributed by atoms with Gasteiger partial charge in [0.15, 0.2) is 0 Å². The van der Waals surface area contributed by atoms with E-state index in [2.05, 4.69) is 46.3 Å². The summed E-state index contributed by atoms with van der Waals surface area (Å²) >= 11 is 0. The summed E-state index contributed by atoms with van der Waals surface area (Å²) in [7, 11) is 0. The fraction of sp³-hybridized carbons (Fsp3) is 0.312. The summed E-state index contributed by atoms with van der Waals surface area (Å²) in [5.41, 5.74) is 4.27. The lowest BCUT2D eigenvalue weighted by Crippen LogP contribution is -2.19. The largest absolute Gasteiger partial charge is 0.283 e. The van der Waals surface area contributed by atoms with E-state index in [1.807, 2.05) is 12.3 Å². The Hall–Kier alpha value is -1.67. The van der Waals surface area contributed by atoms with E-state index in [0.717, 1.165) is 6.54 Å². The molecule has 2 aliphatic rings. The van der Waals surface area contributed by atoms with Crippen molar-refractivity contribution in [1.82, 2.24) is 9.88 Å². The zero-order chi connectivity index (χ0) is 11.9. The number of hydrogen-bond acceptors (Lipinski definition) is 2. The Kier molecular flexibility index (Phi) is 2.24. The number of fused-ring (bicyclic) bond motifs is 5. The fourth-order valence-electron chi connectivity index (χ4n) is 3.55. The molecule has 1 saturated heterocycles. The predicted molar refractivity (Wildman–Crippen MR) is 70.9 cm³/mol. The summed E-state index contributed by atoms with van der Waals surface area (Å²) in [5.74, 6) is 0. The van der Waals surface area contributed by atoms with Gasteiger partial charge in [0.1, 0.15) is 0 Å². The van der Waals surface area contributed by atoms with E-state index in [-0.39, 0.29) is 0 Å². The van der Waals surface area contributed by atoms with Gasteiger partial charge < -0.3 is 0 Å². The highest BCUT2D eigenvalue weighted by atomic mass is 15.2. The molecule has 0 spiro atoms. The number of benzene rings is 1. The van der Waals surface area contributed by atoms with Crippen LogP contribution in [0.4, 0.5) is 0 Å². The van der Waals surface area contributed by atoms with Crippen molar-refractivity contribution in [2.45, 2.75) is 31.5 Å². The molecule has 0 saturated carbocycles. The highest BCUT2D eigenvalue weighted by Gasteiger charge is 2.43. The first kappa shape index (κ1) is 10.3. The van der Waals surface area contributed by atoms with Crippen LogP contribution in [0.15, 0.2) is 48.7 Å². The average molecular weight is 236 g/mol. The highest BCUT2D eigenvalue weighted by molar-refractivity contribution is 5.40. The normalized spacial score (nSPS) is 25.3. The maximum absolute atomic E-state index is 4.46. The summed E-state index contributed by atoms with van der Waals surface area (Å²) in [6.45, 7) is 0.977. The van der Waals surface area contributed by atoms with Crippen molar-refractivity contribution in [2.75, 3.05) is 0 Å². The summed E-state index contributed by atoms with van der Waals surface area (Å²) in [6, 6.07) is 16.3. The van der Waals surface area contributed by atoms with Crippen LogP contribution in [-0.2, 0) is 6.54 Å². The topological polar surface area (TPSA) is 16.1 Å². The van der Waals surface area contributed by atoms with E-state index in [9.17, 15) is 0 Å². The maximum Gasteiger partial charge on any atom is 0.0544 e. The van der Waals surface area contributed by atoms with E-state index < -0.39 is 0 Å². The second kappa shape index (κ2) is 3.92. The van der Waals surface area contributed by atoms with Crippen LogP contribution in [0.25, 0.3) is 0 Å². The lowest BCUT2D eigenvalue weighted by Gasteiger charge is -2.21. The Morgan fingerprint density at radius 1 is 0.944 bits per heavy atom. The summed E-state index contributed by atoms with van der Waals surface area (Å²) in [6.07, 6.45) is 4.49. The molecule has 1 aromatic carbocycles. The Balaban J connectivity index is 1.66. The number of rotatable bonds is 2. The molecule has 0 radical (unpaired) electrons. The Labute approximate surface area is 107 Å². The van der Waals surface area contributed by atoms with Crippen molar-refractivity contribution in [3.8, 4) is 0 Å². The molecule has 2 heteroatoms. The second-order valence-electron chi connectivity index (χ2n) is 5.23. The van der Waals surface area contributed by atoms with Crippen LogP contribution in [0.1, 0.15) is 41.7 Å². The van der Waals surface area contributed by atoms with Crippen molar-refractivity contribution < 1.29 is 0 Å². The Morgan fingerprint density at radius 3 is 2.22 bits per heavy atom. The van der Waals surface area contributed by atoms with Crippen molar-refractivity contribution in [3.05, 3.63) is 65.5 Å². The number of nitrogens with zero attached hydrogens (tertiary/aromatic N) is 2. The minimum Gasteiger partial charge on any atom is -0.283 e. The minimum atomic E-state index is 0.619. The van der Waals surface area contributed by atoms with E-state index in [1.165, 1.54) is 18.5 Å². The zero-order valence-corrected chi connectivity index (χ0v) is 10.3. The van der Waals surface area contributed by atoms with E-state index in [4.69, 9.17) is 0 Å². The van der Waals surface area contributed by atoms with Crippen LogP contribution >= 0.6 is 0 Å². The Bertz CT molecular complexity index is 533. The first-order chi connectivity index (χ1) is 8.93. The molecule has 1 aromatic heterocycles. The molecule has 0 aliphatic carbocycles. The molecular formula is C16H16N2. The molecule has 4 rings (SSSR count). The van der Waals surface area contributed by atoms with Crippen LogP contribution in [0.5, 0.6) is 0 Å². The average Bonchev–Trinajstić information content (AvgIpc) is 2.96. The summed E-state index contributed by atoms with van der Waals surface area (Å²) in [4.78, 5) is 7.08. The monoisotopic (exact) mass is 236 g/mol. The van der Waals surface area contributed by atoms with Crippen molar-refractivity contribution in [3.63, 3.8) is 0 Å². The van der Waals surface area contributed by atoms with E-state index in [0.29, 0.717) is 12.1 Å². The first-order valence-electron chi connectivity index (χ1n) is 6.68. The molecule has 3 heterocycles. The fourth-order valence-corrected chi connectivity index (χ4v) is 3.55. The number of pyridine rings is 1. The van der Waals surface area contributed by atoms with Gasteiger partial charge in [-0.3, -0.25) is 9.88 Å². The summed E-state index contributed by atoms with van der Waals surface area (Å²) < 4.78 is 0. The smallest absolute Gasteiger partial charge is 0.0544 e. The molecule has 0 unspecified atom stereocenters. The first-order valence-corrected chi connectivity index (χ1v) is 6.68.